The minimum atomic E-state index is -0.247. The van der Waals surface area contributed by atoms with Crippen molar-refractivity contribution in [3.63, 3.8) is 0 Å². The van der Waals surface area contributed by atoms with E-state index in [9.17, 15) is 4.39 Å². The van der Waals surface area contributed by atoms with Gasteiger partial charge in [0, 0.05) is 18.5 Å². The number of hydrogen-bond acceptors (Lipinski definition) is 2. The van der Waals surface area contributed by atoms with Crippen molar-refractivity contribution >= 4 is 11.0 Å². The Morgan fingerprint density at radius 3 is 2.79 bits per heavy atom. The molecule has 1 saturated carbocycles. The van der Waals surface area contributed by atoms with Crippen molar-refractivity contribution in [2.45, 2.75) is 51.1 Å². The summed E-state index contributed by atoms with van der Waals surface area (Å²) in [5.41, 5.74) is 7.63. The van der Waals surface area contributed by atoms with Crippen LogP contribution in [0.3, 0.4) is 0 Å². The minimum absolute atomic E-state index is 0.148. The number of imidazole rings is 1. The molecule has 3 rings (SSSR count). The SMILES string of the molecule is CCn1c(CC2(N)CCCC2)nc2c(F)cccc21. The number of rotatable bonds is 3. The molecule has 1 aromatic carbocycles. The van der Waals surface area contributed by atoms with Crippen molar-refractivity contribution < 1.29 is 4.39 Å². The number of benzene rings is 1. The molecule has 2 aromatic rings. The van der Waals surface area contributed by atoms with Gasteiger partial charge in [-0.05, 0) is 31.9 Å². The number of fused-ring (bicyclic) bond motifs is 1. The standard InChI is InChI=1S/C15H20FN3/c1-2-19-12-7-5-6-11(16)14(12)18-13(19)10-15(17)8-3-4-9-15/h5-7H,2-4,8-10,17H2,1H3. The van der Waals surface area contributed by atoms with Crippen molar-refractivity contribution in [1.82, 2.24) is 9.55 Å². The lowest BCUT2D eigenvalue weighted by molar-refractivity contribution is 0.419. The Hall–Kier alpha value is -1.42. The summed E-state index contributed by atoms with van der Waals surface area (Å²) in [7, 11) is 0. The molecule has 4 heteroatoms. The zero-order valence-corrected chi connectivity index (χ0v) is 11.3. The van der Waals surface area contributed by atoms with Gasteiger partial charge in [0.1, 0.15) is 11.3 Å². The van der Waals surface area contributed by atoms with Crippen LogP contribution in [-0.2, 0) is 13.0 Å². The van der Waals surface area contributed by atoms with Crippen LogP contribution >= 0.6 is 0 Å². The first kappa shape index (κ1) is 12.6. The summed E-state index contributed by atoms with van der Waals surface area (Å²) in [5.74, 6) is 0.676. The third kappa shape index (κ3) is 2.14. The van der Waals surface area contributed by atoms with Crippen molar-refractivity contribution in [3.05, 3.63) is 29.8 Å². The molecule has 0 aliphatic heterocycles. The second-order valence-electron chi connectivity index (χ2n) is 5.63. The summed E-state index contributed by atoms with van der Waals surface area (Å²) >= 11 is 0. The summed E-state index contributed by atoms with van der Waals surface area (Å²) in [4.78, 5) is 4.50. The monoisotopic (exact) mass is 261 g/mol. The molecule has 0 amide bonds. The molecule has 0 spiro atoms. The molecule has 1 heterocycles. The van der Waals surface area contributed by atoms with Gasteiger partial charge in [0.25, 0.3) is 0 Å². The largest absolute Gasteiger partial charge is 0.328 e. The van der Waals surface area contributed by atoms with E-state index in [4.69, 9.17) is 5.73 Å². The van der Waals surface area contributed by atoms with Crippen LogP contribution in [0.15, 0.2) is 18.2 Å². The van der Waals surface area contributed by atoms with E-state index in [1.54, 1.807) is 6.07 Å². The first-order valence-electron chi connectivity index (χ1n) is 7.05. The van der Waals surface area contributed by atoms with Crippen LogP contribution in [0.5, 0.6) is 0 Å². The topological polar surface area (TPSA) is 43.8 Å². The zero-order chi connectivity index (χ0) is 13.5. The summed E-state index contributed by atoms with van der Waals surface area (Å²) < 4.78 is 15.9. The molecular formula is C15H20FN3. The number of nitrogens with zero attached hydrogens (tertiary/aromatic N) is 2. The van der Waals surface area contributed by atoms with E-state index < -0.39 is 0 Å². The fourth-order valence-corrected chi connectivity index (χ4v) is 3.22. The van der Waals surface area contributed by atoms with Crippen LogP contribution in [0.25, 0.3) is 11.0 Å². The Bertz CT molecular complexity index is 597. The molecule has 0 atom stereocenters. The Labute approximate surface area is 112 Å². The maximum atomic E-state index is 13.8. The highest BCUT2D eigenvalue weighted by atomic mass is 19.1. The lowest BCUT2D eigenvalue weighted by atomic mass is 9.94. The van der Waals surface area contributed by atoms with Crippen LogP contribution in [0.1, 0.15) is 38.4 Å². The Morgan fingerprint density at radius 1 is 1.37 bits per heavy atom. The highest BCUT2D eigenvalue weighted by Gasteiger charge is 2.31. The quantitative estimate of drug-likeness (QED) is 0.923. The van der Waals surface area contributed by atoms with Crippen LogP contribution in [0.4, 0.5) is 4.39 Å². The van der Waals surface area contributed by atoms with E-state index >= 15 is 0 Å². The second-order valence-corrected chi connectivity index (χ2v) is 5.63. The molecule has 0 radical (unpaired) electrons. The number of para-hydroxylation sites is 1. The zero-order valence-electron chi connectivity index (χ0n) is 11.3. The van der Waals surface area contributed by atoms with Gasteiger partial charge in [0.05, 0.1) is 5.52 Å². The molecular weight excluding hydrogens is 241 g/mol. The summed E-state index contributed by atoms with van der Waals surface area (Å²) in [6, 6.07) is 5.13. The first-order chi connectivity index (χ1) is 9.13. The highest BCUT2D eigenvalue weighted by Crippen LogP contribution is 2.31. The average Bonchev–Trinajstić information content (AvgIpc) is 2.94. The Morgan fingerprint density at radius 2 is 2.11 bits per heavy atom. The first-order valence-corrected chi connectivity index (χ1v) is 7.05. The third-order valence-corrected chi connectivity index (χ3v) is 4.23. The molecule has 1 aromatic heterocycles. The molecule has 102 valence electrons. The van der Waals surface area contributed by atoms with Gasteiger partial charge >= 0.3 is 0 Å². The van der Waals surface area contributed by atoms with Gasteiger partial charge in [-0.3, -0.25) is 0 Å². The molecule has 19 heavy (non-hydrogen) atoms. The van der Waals surface area contributed by atoms with Gasteiger partial charge in [0.15, 0.2) is 5.82 Å². The van der Waals surface area contributed by atoms with E-state index in [1.807, 2.05) is 6.07 Å². The molecule has 0 unspecified atom stereocenters. The number of halogens is 1. The van der Waals surface area contributed by atoms with Gasteiger partial charge < -0.3 is 10.3 Å². The fourth-order valence-electron chi connectivity index (χ4n) is 3.22. The Balaban J connectivity index is 2.05. The average molecular weight is 261 g/mol. The van der Waals surface area contributed by atoms with Gasteiger partial charge in [-0.1, -0.05) is 18.9 Å². The lowest BCUT2D eigenvalue weighted by Gasteiger charge is -2.23. The number of hydrogen-bond donors (Lipinski definition) is 1. The minimum Gasteiger partial charge on any atom is -0.328 e. The molecule has 1 fully saturated rings. The van der Waals surface area contributed by atoms with Crippen molar-refractivity contribution in [3.8, 4) is 0 Å². The summed E-state index contributed by atoms with van der Waals surface area (Å²) in [6.07, 6.45) is 5.22. The van der Waals surface area contributed by atoms with E-state index in [-0.39, 0.29) is 11.4 Å². The maximum absolute atomic E-state index is 13.8. The third-order valence-electron chi connectivity index (χ3n) is 4.23. The van der Waals surface area contributed by atoms with Crippen LogP contribution in [0.2, 0.25) is 0 Å². The molecule has 0 bridgehead atoms. The second kappa shape index (κ2) is 4.60. The van der Waals surface area contributed by atoms with Gasteiger partial charge in [0.2, 0.25) is 0 Å². The van der Waals surface area contributed by atoms with Gasteiger partial charge in [-0.25, -0.2) is 9.37 Å². The predicted molar refractivity (Wildman–Crippen MR) is 74.5 cm³/mol. The number of aromatic nitrogens is 2. The molecule has 0 saturated heterocycles. The van der Waals surface area contributed by atoms with E-state index in [0.29, 0.717) is 5.52 Å². The normalized spacial score (nSPS) is 18.3. The van der Waals surface area contributed by atoms with Crippen molar-refractivity contribution in [1.29, 1.82) is 0 Å². The predicted octanol–water partition coefficient (Wildman–Crippen LogP) is 3.01. The van der Waals surface area contributed by atoms with Crippen molar-refractivity contribution in [2.75, 3.05) is 0 Å². The number of aryl methyl sites for hydroxylation is 1. The molecule has 3 nitrogen and oxygen atoms in total. The van der Waals surface area contributed by atoms with E-state index in [1.165, 1.54) is 18.9 Å². The number of nitrogens with two attached hydrogens (primary N) is 1. The van der Waals surface area contributed by atoms with E-state index in [0.717, 1.165) is 37.1 Å². The summed E-state index contributed by atoms with van der Waals surface area (Å²) in [6.45, 7) is 2.86. The van der Waals surface area contributed by atoms with Crippen LogP contribution in [-0.4, -0.2) is 15.1 Å². The van der Waals surface area contributed by atoms with Crippen molar-refractivity contribution in [2.24, 2.45) is 5.73 Å². The molecule has 1 aliphatic carbocycles. The van der Waals surface area contributed by atoms with Crippen LogP contribution < -0.4 is 5.73 Å². The Kier molecular flexibility index (Phi) is 3.05. The highest BCUT2D eigenvalue weighted by molar-refractivity contribution is 5.76. The maximum Gasteiger partial charge on any atom is 0.151 e. The van der Waals surface area contributed by atoms with Gasteiger partial charge in [-0.15, -0.1) is 0 Å². The lowest BCUT2D eigenvalue weighted by Crippen LogP contribution is -2.39. The molecule has 2 N–H and O–H groups in total. The summed E-state index contributed by atoms with van der Waals surface area (Å²) in [5, 5.41) is 0. The van der Waals surface area contributed by atoms with E-state index in [2.05, 4.69) is 16.5 Å². The van der Waals surface area contributed by atoms with Crippen LogP contribution in [0, 0.1) is 5.82 Å². The fraction of sp³-hybridized carbons (Fsp3) is 0.533. The van der Waals surface area contributed by atoms with Gasteiger partial charge in [-0.2, -0.15) is 0 Å². The molecule has 1 aliphatic rings. The smallest absolute Gasteiger partial charge is 0.151 e.